The average molecular weight is 287 g/mol. The molecule has 116 valence electrons. The maximum Gasteiger partial charge on any atom is 0.0747 e. The molecule has 21 heavy (non-hydrogen) atoms. The molecule has 2 heteroatoms. The third kappa shape index (κ3) is 2.24. The Morgan fingerprint density at radius 2 is 1.71 bits per heavy atom. The van der Waals surface area contributed by atoms with E-state index in [-0.39, 0.29) is 5.41 Å². The SMILES string of the molecule is CC1CC(C)(C)CCC1(O)C1(CN)Cc2ccccc2C1. The van der Waals surface area contributed by atoms with Crippen molar-refractivity contribution in [2.45, 2.75) is 58.5 Å². The Bertz CT molecular complexity index is 511. The molecular weight excluding hydrogens is 258 g/mol. The number of aliphatic hydroxyl groups is 1. The molecule has 1 saturated carbocycles. The third-order valence-corrected chi connectivity index (χ3v) is 6.34. The van der Waals surface area contributed by atoms with Gasteiger partial charge in [-0.15, -0.1) is 0 Å². The first-order valence-corrected chi connectivity index (χ1v) is 8.31. The van der Waals surface area contributed by atoms with Crippen molar-refractivity contribution in [1.82, 2.24) is 0 Å². The largest absolute Gasteiger partial charge is 0.389 e. The Morgan fingerprint density at radius 3 is 2.19 bits per heavy atom. The molecule has 0 bridgehead atoms. The number of hydrogen-bond donors (Lipinski definition) is 2. The minimum Gasteiger partial charge on any atom is -0.389 e. The average Bonchev–Trinajstić information content (AvgIpc) is 2.83. The second-order valence-corrected chi connectivity index (χ2v) is 8.30. The van der Waals surface area contributed by atoms with Gasteiger partial charge in [0.2, 0.25) is 0 Å². The molecule has 3 N–H and O–H groups in total. The van der Waals surface area contributed by atoms with Crippen LogP contribution in [0.5, 0.6) is 0 Å². The van der Waals surface area contributed by atoms with Crippen molar-refractivity contribution in [3.05, 3.63) is 35.4 Å². The van der Waals surface area contributed by atoms with Gasteiger partial charge in [-0.3, -0.25) is 0 Å². The van der Waals surface area contributed by atoms with Crippen molar-refractivity contribution in [2.75, 3.05) is 6.54 Å². The van der Waals surface area contributed by atoms with Crippen LogP contribution in [0.25, 0.3) is 0 Å². The fourth-order valence-electron chi connectivity index (χ4n) is 4.98. The second-order valence-electron chi connectivity index (χ2n) is 8.30. The fourth-order valence-corrected chi connectivity index (χ4v) is 4.98. The van der Waals surface area contributed by atoms with Gasteiger partial charge < -0.3 is 10.8 Å². The van der Waals surface area contributed by atoms with Crippen molar-refractivity contribution in [3.63, 3.8) is 0 Å². The third-order valence-electron chi connectivity index (χ3n) is 6.34. The maximum atomic E-state index is 11.6. The molecule has 3 rings (SSSR count). The lowest BCUT2D eigenvalue weighted by molar-refractivity contribution is -0.154. The summed E-state index contributed by atoms with van der Waals surface area (Å²) in [6.45, 7) is 7.44. The summed E-state index contributed by atoms with van der Waals surface area (Å²) >= 11 is 0. The Labute approximate surface area is 128 Å². The zero-order valence-corrected chi connectivity index (χ0v) is 13.7. The van der Waals surface area contributed by atoms with Crippen molar-refractivity contribution in [2.24, 2.45) is 22.5 Å². The number of rotatable bonds is 2. The fraction of sp³-hybridized carbons (Fsp3) is 0.684. The lowest BCUT2D eigenvalue weighted by atomic mass is 9.55. The van der Waals surface area contributed by atoms with Crippen LogP contribution in [-0.4, -0.2) is 17.3 Å². The summed E-state index contributed by atoms with van der Waals surface area (Å²) in [5.41, 5.74) is 8.54. The highest BCUT2D eigenvalue weighted by molar-refractivity contribution is 5.36. The van der Waals surface area contributed by atoms with Gasteiger partial charge in [-0.25, -0.2) is 0 Å². The van der Waals surface area contributed by atoms with Gasteiger partial charge >= 0.3 is 0 Å². The Morgan fingerprint density at radius 1 is 1.14 bits per heavy atom. The summed E-state index contributed by atoms with van der Waals surface area (Å²) in [6.07, 6.45) is 4.92. The molecule has 0 radical (unpaired) electrons. The standard InChI is InChI=1S/C19H29NO/c1-14-10-17(2,3)8-9-19(14,21)18(13-20)11-15-6-4-5-7-16(15)12-18/h4-7,14,21H,8-13,20H2,1-3H3. The first-order valence-electron chi connectivity index (χ1n) is 8.31. The first kappa shape index (κ1) is 15.1. The molecule has 0 aliphatic heterocycles. The summed E-state index contributed by atoms with van der Waals surface area (Å²) in [5.74, 6) is 0.305. The van der Waals surface area contributed by atoms with Crippen molar-refractivity contribution in [3.8, 4) is 0 Å². The van der Waals surface area contributed by atoms with Crippen LogP contribution >= 0.6 is 0 Å². The molecule has 1 fully saturated rings. The molecule has 2 aliphatic rings. The van der Waals surface area contributed by atoms with Gasteiger partial charge in [0.1, 0.15) is 0 Å². The normalized spacial score (nSPS) is 33.7. The quantitative estimate of drug-likeness (QED) is 0.876. The molecule has 0 saturated heterocycles. The summed E-state index contributed by atoms with van der Waals surface area (Å²) in [5, 5.41) is 11.6. The molecule has 1 aromatic rings. The van der Waals surface area contributed by atoms with Crippen LogP contribution < -0.4 is 5.73 Å². The van der Waals surface area contributed by atoms with E-state index in [1.807, 2.05) is 0 Å². The topological polar surface area (TPSA) is 46.2 Å². The highest BCUT2D eigenvalue weighted by Crippen LogP contribution is 2.55. The predicted molar refractivity (Wildman–Crippen MR) is 87.1 cm³/mol. The minimum absolute atomic E-state index is 0.174. The van der Waals surface area contributed by atoms with Crippen LogP contribution in [-0.2, 0) is 12.8 Å². The van der Waals surface area contributed by atoms with Gasteiger partial charge in [0, 0.05) is 12.0 Å². The van der Waals surface area contributed by atoms with Crippen LogP contribution in [0.1, 0.15) is 51.2 Å². The molecular formula is C19H29NO. The second kappa shape index (κ2) is 4.82. The van der Waals surface area contributed by atoms with Crippen molar-refractivity contribution >= 4 is 0 Å². The Balaban J connectivity index is 1.94. The van der Waals surface area contributed by atoms with Gasteiger partial charge in [-0.05, 0) is 54.6 Å². The maximum absolute atomic E-state index is 11.6. The molecule has 0 spiro atoms. The molecule has 2 atom stereocenters. The number of nitrogens with two attached hydrogens (primary N) is 1. The minimum atomic E-state index is -0.629. The lowest BCUT2D eigenvalue weighted by Crippen LogP contribution is -2.59. The van der Waals surface area contributed by atoms with Crippen LogP contribution in [0, 0.1) is 16.7 Å². The van der Waals surface area contributed by atoms with Crippen molar-refractivity contribution < 1.29 is 5.11 Å². The summed E-state index contributed by atoms with van der Waals surface area (Å²) in [6, 6.07) is 8.60. The highest BCUT2D eigenvalue weighted by Gasteiger charge is 2.57. The summed E-state index contributed by atoms with van der Waals surface area (Å²) in [4.78, 5) is 0. The van der Waals surface area contributed by atoms with Crippen LogP contribution in [0.2, 0.25) is 0 Å². The zero-order valence-electron chi connectivity index (χ0n) is 13.7. The van der Waals surface area contributed by atoms with E-state index in [9.17, 15) is 5.11 Å². The van der Waals surface area contributed by atoms with E-state index in [1.165, 1.54) is 11.1 Å². The van der Waals surface area contributed by atoms with E-state index in [4.69, 9.17) is 5.73 Å². The Hall–Kier alpha value is -0.860. The predicted octanol–water partition coefficient (Wildman–Crippen LogP) is 3.31. The molecule has 0 amide bonds. The van der Waals surface area contributed by atoms with E-state index in [0.717, 1.165) is 32.1 Å². The molecule has 0 aromatic heterocycles. The van der Waals surface area contributed by atoms with Crippen LogP contribution in [0.3, 0.4) is 0 Å². The van der Waals surface area contributed by atoms with Gasteiger partial charge in [0.05, 0.1) is 5.60 Å². The molecule has 0 heterocycles. The van der Waals surface area contributed by atoms with E-state index in [2.05, 4.69) is 45.0 Å². The van der Waals surface area contributed by atoms with Crippen LogP contribution in [0.4, 0.5) is 0 Å². The smallest absolute Gasteiger partial charge is 0.0747 e. The monoisotopic (exact) mass is 287 g/mol. The number of fused-ring (bicyclic) bond motifs is 1. The zero-order chi connectivity index (χ0) is 15.3. The molecule has 2 aliphatic carbocycles. The number of benzene rings is 1. The highest BCUT2D eigenvalue weighted by atomic mass is 16.3. The molecule has 1 aromatic carbocycles. The first-order chi connectivity index (χ1) is 9.82. The van der Waals surface area contributed by atoms with Gasteiger partial charge in [-0.2, -0.15) is 0 Å². The molecule has 2 unspecified atom stereocenters. The van der Waals surface area contributed by atoms with E-state index < -0.39 is 5.60 Å². The molecule has 2 nitrogen and oxygen atoms in total. The summed E-state index contributed by atoms with van der Waals surface area (Å²) in [7, 11) is 0. The van der Waals surface area contributed by atoms with Crippen LogP contribution in [0.15, 0.2) is 24.3 Å². The van der Waals surface area contributed by atoms with Gasteiger partial charge in [0.15, 0.2) is 0 Å². The van der Waals surface area contributed by atoms with Gasteiger partial charge in [0.25, 0.3) is 0 Å². The van der Waals surface area contributed by atoms with Gasteiger partial charge in [-0.1, -0.05) is 45.0 Å². The van der Waals surface area contributed by atoms with E-state index in [1.54, 1.807) is 0 Å². The lowest BCUT2D eigenvalue weighted by Gasteiger charge is -2.54. The van der Waals surface area contributed by atoms with Crippen molar-refractivity contribution in [1.29, 1.82) is 0 Å². The summed E-state index contributed by atoms with van der Waals surface area (Å²) < 4.78 is 0. The van der Waals surface area contributed by atoms with E-state index >= 15 is 0 Å². The number of hydrogen-bond acceptors (Lipinski definition) is 2. The van der Waals surface area contributed by atoms with E-state index in [0.29, 0.717) is 17.9 Å². The Kier molecular flexibility index (Phi) is 3.46.